The molecule has 22 heavy (non-hydrogen) atoms. The first-order valence-corrected chi connectivity index (χ1v) is 7.16. The van der Waals surface area contributed by atoms with Gasteiger partial charge in [-0.25, -0.2) is 5.48 Å². The molecular weight excluding hydrogens is 282 g/mol. The van der Waals surface area contributed by atoms with Gasteiger partial charge in [-0.05, 0) is 29.7 Å². The van der Waals surface area contributed by atoms with Gasteiger partial charge in [0, 0.05) is 31.4 Å². The fraction of sp³-hybridized carbons (Fsp3) is 0.312. The molecule has 1 aliphatic rings. The van der Waals surface area contributed by atoms with Crippen LogP contribution in [0.15, 0.2) is 49.1 Å². The number of rotatable bonds is 5. The Morgan fingerprint density at radius 1 is 1.27 bits per heavy atom. The zero-order valence-electron chi connectivity index (χ0n) is 12.0. The Morgan fingerprint density at radius 2 is 2.09 bits per heavy atom. The van der Waals surface area contributed by atoms with E-state index in [1.165, 1.54) is 0 Å². The van der Waals surface area contributed by atoms with Crippen molar-refractivity contribution >= 4 is 5.91 Å². The third kappa shape index (κ3) is 3.47. The van der Waals surface area contributed by atoms with Crippen molar-refractivity contribution in [3.63, 3.8) is 0 Å². The predicted octanol–water partition coefficient (Wildman–Crippen LogP) is 1.80. The van der Waals surface area contributed by atoms with Crippen molar-refractivity contribution < 1.29 is 14.4 Å². The molecule has 6 heteroatoms. The number of hydrogen-bond donors (Lipinski definition) is 1. The van der Waals surface area contributed by atoms with Crippen LogP contribution in [0.3, 0.4) is 0 Å². The van der Waals surface area contributed by atoms with E-state index < -0.39 is 0 Å². The van der Waals surface area contributed by atoms with E-state index in [0.29, 0.717) is 13.0 Å². The van der Waals surface area contributed by atoms with Crippen LogP contribution in [0.5, 0.6) is 0 Å². The van der Waals surface area contributed by atoms with E-state index in [1.807, 2.05) is 24.3 Å². The first-order chi connectivity index (χ1) is 10.8. The van der Waals surface area contributed by atoms with Crippen LogP contribution in [0, 0.1) is 5.92 Å². The molecule has 1 fully saturated rings. The Morgan fingerprint density at radius 3 is 2.82 bits per heavy atom. The molecule has 3 heterocycles. The Balaban J connectivity index is 1.55. The Kier molecular flexibility index (Phi) is 4.72. The zero-order chi connectivity index (χ0) is 15.2. The van der Waals surface area contributed by atoms with Gasteiger partial charge in [-0.1, -0.05) is 12.1 Å². The molecule has 0 bridgehead atoms. The van der Waals surface area contributed by atoms with Gasteiger partial charge < -0.3 is 4.74 Å². The SMILES string of the molecule is O=C(NOCc1cccnc1)[C@@H]1CCO[C@H]1c1cccnc1. The van der Waals surface area contributed by atoms with Crippen LogP contribution in [0.1, 0.15) is 23.7 Å². The molecule has 1 amide bonds. The maximum atomic E-state index is 12.3. The highest BCUT2D eigenvalue weighted by atomic mass is 16.7. The van der Waals surface area contributed by atoms with Gasteiger partial charge in [0.2, 0.25) is 5.91 Å². The summed E-state index contributed by atoms with van der Waals surface area (Å²) >= 11 is 0. The van der Waals surface area contributed by atoms with Crippen LogP contribution in [0.2, 0.25) is 0 Å². The lowest BCUT2D eigenvalue weighted by Crippen LogP contribution is -2.32. The lowest BCUT2D eigenvalue weighted by molar-refractivity contribution is -0.140. The molecule has 1 aliphatic heterocycles. The summed E-state index contributed by atoms with van der Waals surface area (Å²) in [4.78, 5) is 25.6. The topological polar surface area (TPSA) is 73.3 Å². The molecule has 1 saturated heterocycles. The summed E-state index contributed by atoms with van der Waals surface area (Å²) in [5.41, 5.74) is 4.31. The smallest absolute Gasteiger partial charge is 0.249 e. The molecule has 1 N–H and O–H groups in total. The van der Waals surface area contributed by atoms with E-state index in [9.17, 15) is 4.79 Å². The predicted molar refractivity (Wildman–Crippen MR) is 78.2 cm³/mol. The molecule has 6 nitrogen and oxygen atoms in total. The van der Waals surface area contributed by atoms with Gasteiger partial charge in [0.15, 0.2) is 0 Å². The van der Waals surface area contributed by atoms with Crippen LogP contribution in [0.25, 0.3) is 0 Å². The first-order valence-electron chi connectivity index (χ1n) is 7.16. The normalized spacial score (nSPS) is 20.7. The zero-order valence-corrected chi connectivity index (χ0v) is 12.0. The number of carbonyl (C=O) groups is 1. The molecule has 3 rings (SSSR count). The number of carbonyl (C=O) groups excluding carboxylic acids is 1. The fourth-order valence-electron chi connectivity index (χ4n) is 2.48. The van der Waals surface area contributed by atoms with E-state index in [-0.39, 0.29) is 24.5 Å². The monoisotopic (exact) mass is 299 g/mol. The molecule has 0 aromatic carbocycles. The van der Waals surface area contributed by atoms with Crippen molar-refractivity contribution in [2.24, 2.45) is 5.92 Å². The average Bonchev–Trinajstić information content (AvgIpc) is 3.06. The van der Waals surface area contributed by atoms with Gasteiger partial charge in [0.05, 0.1) is 12.0 Å². The highest BCUT2D eigenvalue weighted by Gasteiger charge is 2.35. The summed E-state index contributed by atoms with van der Waals surface area (Å²) < 4.78 is 5.67. The maximum absolute atomic E-state index is 12.3. The lowest BCUT2D eigenvalue weighted by Gasteiger charge is -2.17. The molecule has 0 unspecified atom stereocenters. The van der Waals surface area contributed by atoms with Crippen LogP contribution in [-0.4, -0.2) is 22.5 Å². The van der Waals surface area contributed by atoms with Crippen molar-refractivity contribution in [2.45, 2.75) is 19.1 Å². The van der Waals surface area contributed by atoms with Crippen molar-refractivity contribution in [2.75, 3.05) is 6.61 Å². The second-order valence-corrected chi connectivity index (χ2v) is 5.09. The van der Waals surface area contributed by atoms with Crippen molar-refractivity contribution in [3.05, 3.63) is 60.2 Å². The summed E-state index contributed by atoms with van der Waals surface area (Å²) in [5, 5.41) is 0. The minimum atomic E-state index is -0.268. The van der Waals surface area contributed by atoms with Gasteiger partial charge in [-0.15, -0.1) is 0 Å². The number of amides is 1. The van der Waals surface area contributed by atoms with Crippen molar-refractivity contribution in [3.8, 4) is 0 Å². The molecule has 0 spiro atoms. The van der Waals surface area contributed by atoms with Gasteiger partial charge in [0.1, 0.15) is 6.61 Å². The summed E-state index contributed by atoms with van der Waals surface area (Å²) in [7, 11) is 0. The quantitative estimate of drug-likeness (QED) is 0.852. The van der Waals surface area contributed by atoms with E-state index in [4.69, 9.17) is 9.57 Å². The number of hydroxylamine groups is 1. The minimum absolute atomic E-state index is 0.171. The van der Waals surface area contributed by atoms with Crippen LogP contribution >= 0.6 is 0 Å². The number of hydrogen-bond acceptors (Lipinski definition) is 5. The molecule has 114 valence electrons. The highest BCUT2D eigenvalue weighted by molar-refractivity contribution is 5.78. The second kappa shape index (κ2) is 7.11. The van der Waals surface area contributed by atoms with Gasteiger partial charge in [0.25, 0.3) is 0 Å². The summed E-state index contributed by atoms with van der Waals surface area (Å²) in [6.45, 7) is 0.838. The number of aromatic nitrogens is 2. The number of nitrogens with one attached hydrogen (secondary N) is 1. The molecular formula is C16H17N3O3. The van der Waals surface area contributed by atoms with Crippen LogP contribution in [-0.2, 0) is 21.0 Å². The first kappa shape index (κ1) is 14.6. The second-order valence-electron chi connectivity index (χ2n) is 5.09. The summed E-state index contributed by atoms with van der Waals surface area (Å²) in [5.74, 6) is -0.437. The standard InChI is InChI=1S/C16H17N3O3/c20-16(19-22-11-12-3-1-6-17-9-12)14-5-8-21-15(14)13-4-2-7-18-10-13/h1-4,6-7,9-10,14-15H,5,8,11H2,(H,19,20)/t14-,15+/m1/s1. The molecule has 2 atom stereocenters. The molecule has 0 aliphatic carbocycles. The molecule has 0 radical (unpaired) electrons. The average molecular weight is 299 g/mol. The van der Waals surface area contributed by atoms with Gasteiger partial charge in [-0.2, -0.15) is 0 Å². The van der Waals surface area contributed by atoms with Gasteiger partial charge >= 0.3 is 0 Å². The van der Waals surface area contributed by atoms with Crippen molar-refractivity contribution in [1.82, 2.24) is 15.4 Å². The summed E-state index contributed by atoms with van der Waals surface area (Å²) in [6.07, 6.45) is 7.22. The number of nitrogens with zero attached hydrogens (tertiary/aromatic N) is 2. The van der Waals surface area contributed by atoms with Gasteiger partial charge in [-0.3, -0.25) is 19.6 Å². The van der Waals surface area contributed by atoms with E-state index >= 15 is 0 Å². The fourth-order valence-corrected chi connectivity index (χ4v) is 2.48. The molecule has 2 aromatic rings. The highest BCUT2D eigenvalue weighted by Crippen LogP contribution is 2.34. The lowest BCUT2D eigenvalue weighted by atomic mass is 9.96. The van der Waals surface area contributed by atoms with Crippen molar-refractivity contribution in [1.29, 1.82) is 0 Å². The Hall–Kier alpha value is -2.31. The van der Waals surface area contributed by atoms with E-state index in [0.717, 1.165) is 11.1 Å². The van der Waals surface area contributed by atoms with E-state index in [2.05, 4.69) is 15.4 Å². The Labute approximate surface area is 128 Å². The number of ether oxygens (including phenoxy) is 1. The molecule has 2 aromatic heterocycles. The third-order valence-electron chi connectivity index (χ3n) is 3.58. The largest absolute Gasteiger partial charge is 0.373 e. The number of pyridine rings is 2. The molecule has 0 saturated carbocycles. The van der Waals surface area contributed by atoms with E-state index in [1.54, 1.807) is 24.8 Å². The van der Waals surface area contributed by atoms with Crippen LogP contribution in [0.4, 0.5) is 0 Å². The minimum Gasteiger partial charge on any atom is -0.373 e. The Bertz CT molecular complexity index is 607. The van der Waals surface area contributed by atoms with Crippen LogP contribution < -0.4 is 5.48 Å². The maximum Gasteiger partial charge on any atom is 0.249 e. The third-order valence-corrected chi connectivity index (χ3v) is 3.58. The summed E-state index contributed by atoms with van der Waals surface area (Å²) in [6, 6.07) is 7.46.